The molecule has 0 spiro atoms. The van der Waals surface area contributed by atoms with Crippen LogP contribution in [0.25, 0.3) is 11.1 Å². The molecule has 0 radical (unpaired) electrons. The van der Waals surface area contributed by atoms with E-state index in [0.717, 1.165) is 40.4 Å². The van der Waals surface area contributed by atoms with Crippen LogP contribution in [-0.4, -0.2) is 30.1 Å². The number of sulfonamides is 1. The van der Waals surface area contributed by atoms with E-state index in [4.69, 9.17) is 9.26 Å². The van der Waals surface area contributed by atoms with Crippen molar-refractivity contribution >= 4 is 21.7 Å². The molecule has 0 saturated heterocycles. The number of benzene rings is 2. The fourth-order valence-corrected chi connectivity index (χ4v) is 5.32. The number of hydrogen-bond acceptors (Lipinski definition) is 8. The van der Waals surface area contributed by atoms with Gasteiger partial charge < -0.3 is 14.6 Å². The summed E-state index contributed by atoms with van der Waals surface area (Å²) in [7, 11) is -3.95. The Bertz CT molecular complexity index is 1530. The van der Waals surface area contributed by atoms with Crippen LogP contribution in [0.5, 0.6) is 0 Å². The Labute approximate surface area is 223 Å². The molecule has 0 fully saturated rings. The molecule has 38 heavy (non-hydrogen) atoms. The van der Waals surface area contributed by atoms with Crippen LogP contribution >= 0.6 is 0 Å². The molecule has 0 saturated carbocycles. The van der Waals surface area contributed by atoms with E-state index < -0.39 is 10.0 Å². The maximum Gasteiger partial charge on any atom is 0.263 e. The lowest BCUT2D eigenvalue weighted by Gasteiger charge is -2.16. The fourth-order valence-electron chi connectivity index (χ4n) is 4.04. The van der Waals surface area contributed by atoms with Crippen LogP contribution in [0, 0.1) is 20.8 Å². The molecule has 9 nitrogen and oxygen atoms in total. The Kier molecular flexibility index (Phi) is 8.43. The van der Waals surface area contributed by atoms with Gasteiger partial charge in [-0.2, -0.15) is 0 Å². The molecule has 0 amide bonds. The molecule has 0 aliphatic rings. The molecular weight excluding hydrogens is 502 g/mol. The summed E-state index contributed by atoms with van der Waals surface area (Å²) in [4.78, 5) is 9.13. The zero-order valence-corrected chi connectivity index (χ0v) is 23.1. The Morgan fingerprint density at radius 2 is 1.76 bits per heavy atom. The van der Waals surface area contributed by atoms with Crippen molar-refractivity contribution in [2.45, 2.75) is 59.1 Å². The predicted octanol–water partition coefficient (Wildman–Crippen LogP) is 5.57. The molecule has 10 heteroatoms. The second-order valence-corrected chi connectivity index (χ2v) is 10.6. The van der Waals surface area contributed by atoms with Crippen molar-refractivity contribution in [3.63, 3.8) is 0 Å². The number of nitrogens with one attached hydrogen (secondary N) is 2. The smallest absolute Gasteiger partial charge is 0.263 e. The van der Waals surface area contributed by atoms with Crippen molar-refractivity contribution in [1.29, 1.82) is 0 Å². The molecule has 0 unspecified atom stereocenters. The van der Waals surface area contributed by atoms with E-state index in [2.05, 4.69) is 25.2 Å². The molecule has 2 heterocycles. The highest BCUT2D eigenvalue weighted by molar-refractivity contribution is 7.92. The van der Waals surface area contributed by atoms with Gasteiger partial charge in [-0.3, -0.25) is 4.72 Å². The van der Waals surface area contributed by atoms with Crippen molar-refractivity contribution in [2.75, 3.05) is 16.6 Å². The van der Waals surface area contributed by atoms with E-state index in [0.29, 0.717) is 36.6 Å². The highest BCUT2D eigenvalue weighted by atomic mass is 32.2. The van der Waals surface area contributed by atoms with Gasteiger partial charge in [0.1, 0.15) is 17.4 Å². The van der Waals surface area contributed by atoms with Crippen LogP contribution in [-0.2, 0) is 34.3 Å². The topological polar surface area (TPSA) is 119 Å². The van der Waals surface area contributed by atoms with Gasteiger partial charge in [-0.05, 0) is 50.5 Å². The van der Waals surface area contributed by atoms with Gasteiger partial charge in [0.2, 0.25) is 0 Å². The van der Waals surface area contributed by atoms with Gasteiger partial charge in [0, 0.05) is 42.5 Å². The first-order chi connectivity index (χ1) is 18.2. The van der Waals surface area contributed by atoms with Crippen LogP contribution in [0.15, 0.2) is 57.9 Å². The quantitative estimate of drug-likeness (QED) is 0.256. The zero-order valence-electron chi connectivity index (χ0n) is 22.3. The van der Waals surface area contributed by atoms with Gasteiger partial charge in [-0.15, -0.1) is 0 Å². The van der Waals surface area contributed by atoms with E-state index in [1.165, 1.54) is 0 Å². The van der Waals surface area contributed by atoms with E-state index in [-0.39, 0.29) is 10.7 Å². The average Bonchev–Trinajstić information content (AvgIpc) is 3.22. The summed E-state index contributed by atoms with van der Waals surface area (Å²) in [5.74, 6) is 2.30. The minimum atomic E-state index is -3.95. The molecule has 0 aliphatic carbocycles. The van der Waals surface area contributed by atoms with E-state index in [1.807, 2.05) is 51.1 Å². The molecular formula is C28H33N5O4S. The lowest BCUT2D eigenvalue weighted by atomic mass is 9.97. The van der Waals surface area contributed by atoms with Gasteiger partial charge in [-0.25, -0.2) is 18.4 Å². The summed E-state index contributed by atoms with van der Waals surface area (Å²) in [5.41, 5.74) is 4.81. The number of rotatable bonds is 11. The third-order valence-corrected chi connectivity index (χ3v) is 7.57. The SMILES string of the molecule is CCOCc1cc(CNc2cc(C)nc(CC)n2)ccc1-c1ccccc1S(=O)(=O)Nc1noc(C)c1C. The van der Waals surface area contributed by atoms with Crippen LogP contribution < -0.4 is 10.0 Å². The Morgan fingerprint density at radius 3 is 2.47 bits per heavy atom. The van der Waals surface area contributed by atoms with E-state index >= 15 is 0 Å². The molecule has 0 bridgehead atoms. The molecule has 4 aromatic rings. The summed E-state index contributed by atoms with van der Waals surface area (Å²) in [6.07, 6.45) is 0.760. The van der Waals surface area contributed by atoms with Gasteiger partial charge in [0.15, 0.2) is 5.82 Å². The van der Waals surface area contributed by atoms with Gasteiger partial charge >= 0.3 is 0 Å². The standard InChI is InChI=1S/C28H33N5O4S/c1-6-26-30-18(3)14-27(31-26)29-16-21-12-13-23(22(15-21)17-36-7-2)24-10-8-9-11-25(24)38(34,35)33-28-19(4)20(5)37-32-28/h8-15H,6-7,16-17H2,1-5H3,(H,32,33)(H,29,30,31). The zero-order chi connectivity index (χ0) is 27.3. The van der Waals surface area contributed by atoms with Crippen molar-refractivity contribution in [2.24, 2.45) is 0 Å². The van der Waals surface area contributed by atoms with Crippen LogP contribution in [0.3, 0.4) is 0 Å². The first kappa shape index (κ1) is 27.3. The Balaban J connectivity index is 1.67. The van der Waals surface area contributed by atoms with Crippen LogP contribution in [0.2, 0.25) is 0 Å². The highest BCUT2D eigenvalue weighted by Crippen LogP contribution is 2.33. The van der Waals surface area contributed by atoms with Gasteiger partial charge in [0.05, 0.1) is 11.5 Å². The summed E-state index contributed by atoms with van der Waals surface area (Å²) in [6.45, 7) is 10.8. The number of aromatic nitrogens is 3. The minimum absolute atomic E-state index is 0.146. The third-order valence-electron chi connectivity index (χ3n) is 6.18. The van der Waals surface area contributed by atoms with E-state index in [1.54, 1.807) is 32.0 Å². The summed E-state index contributed by atoms with van der Waals surface area (Å²) in [5, 5.41) is 7.23. The molecule has 2 aromatic carbocycles. The number of nitrogens with zero attached hydrogens (tertiary/aromatic N) is 3. The predicted molar refractivity (Wildman–Crippen MR) is 147 cm³/mol. The van der Waals surface area contributed by atoms with Crippen molar-refractivity contribution in [3.8, 4) is 11.1 Å². The second kappa shape index (κ2) is 11.7. The maximum atomic E-state index is 13.4. The van der Waals surface area contributed by atoms with E-state index in [9.17, 15) is 8.42 Å². The Morgan fingerprint density at radius 1 is 0.974 bits per heavy atom. The van der Waals surface area contributed by atoms with Gasteiger partial charge in [-0.1, -0.05) is 48.5 Å². The number of hydrogen-bond donors (Lipinski definition) is 2. The normalized spacial score (nSPS) is 11.5. The molecule has 2 N–H and O–H groups in total. The Hall–Kier alpha value is -3.76. The number of aryl methyl sites for hydroxylation is 3. The lowest BCUT2D eigenvalue weighted by molar-refractivity contribution is 0.134. The molecule has 0 aliphatic heterocycles. The average molecular weight is 536 g/mol. The van der Waals surface area contributed by atoms with Crippen LogP contribution in [0.4, 0.5) is 11.6 Å². The number of anilines is 2. The van der Waals surface area contributed by atoms with Crippen LogP contribution in [0.1, 0.15) is 47.8 Å². The molecule has 2 aromatic heterocycles. The molecule has 200 valence electrons. The number of ether oxygens (including phenoxy) is 1. The lowest BCUT2D eigenvalue weighted by Crippen LogP contribution is -2.15. The summed E-state index contributed by atoms with van der Waals surface area (Å²) in [6, 6.07) is 14.8. The minimum Gasteiger partial charge on any atom is -0.377 e. The second-order valence-electron chi connectivity index (χ2n) is 8.96. The van der Waals surface area contributed by atoms with Crippen molar-refractivity contribution < 1.29 is 17.7 Å². The fraction of sp³-hybridized carbons (Fsp3) is 0.321. The van der Waals surface area contributed by atoms with Crippen molar-refractivity contribution in [3.05, 3.63) is 82.5 Å². The first-order valence-electron chi connectivity index (χ1n) is 12.5. The first-order valence-corrected chi connectivity index (χ1v) is 14.0. The van der Waals surface area contributed by atoms with Crippen molar-refractivity contribution in [1.82, 2.24) is 15.1 Å². The maximum absolute atomic E-state index is 13.4. The summed E-state index contributed by atoms with van der Waals surface area (Å²) >= 11 is 0. The monoisotopic (exact) mass is 535 g/mol. The molecule has 4 rings (SSSR count). The largest absolute Gasteiger partial charge is 0.377 e. The molecule has 0 atom stereocenters. The highest BCUT2D eigenvalue weighted by Gasteiger charge is 2.23. The van der Waals surface area contributed by atoms with Gasteiger partial charge in [0.25, 0.3) is 10.0 Å². The third kappa shape index (κ3) is 6.20. The summed E-state index contributed by atoms with van der Waals surface area (Å²) < 4.78 is 40.4.